The highest BCUT2D eigenvalue weighted by Crippen LogP contribution is 2.03. The maximum Gasteiger partial charge on any atom is 0.255 e. The van der Waals surface area contributed by atoms with Gasteiger partial charge in [-0.1, -0.05) is 0 Å². The molecule has 56 valence electrons. The fourth-order valence-corrected chi connectivity index (χ4v) is 0.629. The van der Waals surface area contributed by atoms with Crippen LogP contribution in [-0.2, 0) is 0 Å². The average molecular weight is 146 g/mol. The van der Waals surface area contributed by atoms with Crippen molar-refractivity contribution >= 4 is 5.69 Å². The van der Waals surface area contributed by atoms with E-state index in [9.17, 15) is 8.78 Å². The van der Waals surface area contributed by atoms with E-state index in [1.165, 1.54) is 0 Å². The molecule has 1 rings (SSSR count). The monoisotopic (exact) mass is 146 g/mol. The molecule has 1 heterocycles. The molecule has 0 saturated carbocycles. The first-order valence-electron chi connectivity index (χ1n) is 2.94. The molecule has 0 aliphatic carbocycles. The molecule has 10 heavy (non-hydrogen) atoms. The van der Waals surface area contributed by atoms with Gasteiger partial charge < -0.3 is 10.3 Å². The highest BCUT2D eigenvalue weighted by atomic mass is 19.3. The van der Waals surface area contributed by atoms with Crippen LogP contribution in [-0.4, -0.2) is 18.0 Å². The zero-order chi connectivity index (χ0) is 7.40. The summed E-state index contributed by atoms with van der Waals surface area (Å²) in [6.45, 7) is -0.294. The van der Waals surface area contributed by atoms with Crippen LogP contribution in [0.25, 0.3) is 0 Å². The number of aromatic nitrogens is 1. The lowest BCUT2D eigenvalue weighted by molar-refractivity contribution is 0.163. The Morgan fingerprint density at radius 3 is 2.90 bits per heavy atom. The fourth-order valence-electron chi connectivity index (χ4n) is 0.629. The first-order valence-corrected chi connectivity index (χ1v) is 2.94. The summed E-state index contributed by atoms with van der Waals surface area (Å²) >= 11 is 0. The van der Waals surface area contributed by atoms with Gasteiger partial charge in [0.05, 0.1) is 12.2 Å². The summed E-state index contributed by atoms with van der Waals surface area (Å²) in [5.41, 5.74) is 0.695. The van der Waals surface area contributed by atoms with Gasteiger partial charge in [-0.3, -0.25) is 0 Å². The standard InChI is InChI=1S/C6H8F2N2/c7-6(8)4-10-5-1-2-9-3-5/h1-3,6,9-10H,4H2. The van der Waals surface area contributed by atoms with Crippen molar-refractivity contribution in [3.8, 4) is 0 Å². The molecule has 2 nitrogen and oxygen atoms in total. The SMILES string of the molecule is FC(F)CNc1cc[nH]c1. The molecule has 0 unspecified atom stereocenters. The Morgan fingerprint density at radius 2 is 2.40 bits per heavy atom. The summed E-state index contributed by atoms with van der Waals surface area (Å²) in [6, 6.07) is 1.70. The lowest BCUT2D eigenvalue weighted by Crippen LogP contribution is -2.09. The van der Waals surface area contributed by atoms with Crippen LogP contribution in [0.3, 0.4) is 0 Å². The van der Waals surface area contributed by atoms with Crippen LogP contribution in [0.2, 0.25) is 0 Å². The molecule has 1 aromatic rings. The van der Waals surface area contributed by atoms with Crippen LogP contribution < -0.4 is 5.32 Å². The van der Waals surface area contributed by atoms with Crippen LogP contribution in [0.1, 0.15) is 0 Å². The van der Waals surface area contributed by atoms with E-state index in [2.05, 4.69) is 10.3 Å². The van der Waals surface area contributed by atoms with Gasteiger partial charge in [0.2, 0.25) is 0 Å². The van der Waals surface area contributed by atoms with E-state index >= 15 is 0 Å². The minimum atomic E-state index is -2.30. The average Bonchev–Trinajstić information content (AvgIpc) is 2.34. The number of halogens is 2. The molecule has 0 aliphatic heterocycles. The maximum atomic E-state index is 11.6. The number of nitrogens with one attached hydrogen (secondary N) is 2. The van der Waals surface area contributed by atoms with Crippen molar-refractivity contribution in [1.29, 1.82) is 0 Å². The van der Waals surface area contributed by atoms with E-state index in [4.69, 9.17) is 0 Å². The van der Waals surface area contributed by atoms with E-state index < -0.39 is 6.43 Å². The van der Waals surface area contributed by atoms with Crippen molar-refractivity contribution in [1.82, 2.24) is 4.98 Å². The normalized spacial score (nSPS) is 10.3. The van der Waals surface area contributed by atoms with E-state index in [0.29, 0.717) is 5.69 Å². The van der Waals surface area contributed by atoms with Crippen molar-refractivity contribution in [3.63, 3.8) is 0 Å². The Bertz CT molecular complexity index is 172. The Kier molecular flexibility index (Phi) is 2.25. The summed E-state index contributed by atoms with van der Waals surface area (Å²) in [4.78, 5) is 2.75. The van der Waals surface area contributed by atoms with E-state index in [1.54, 1.807) is 18.5 Å². The first-order chi connectivity index (χ1) is 4.79. The molecule has 0 bridgehead atoms. The third kappa shape index (κ3) is 2.05. The second kappa shape index (κ2) is 3.20. The minimum Gasteiger partial charge on any atom is -0.378 e. The van der Waals surface area contributed by atoms with Gasteiger partial charge in [0.25, 0.3) is 6.43 Å². The molecule has 1 aromatic heterocycles. The summed E-state index contributed by atoms with van der Waals surface area (Å²) in [5.74, 6) is 0. The summed E-state index contributed by atoms with van der Waals surface area (Å²) in [7, 11) is 0. The molecule has 0 fully saturated rings. The van der Waals surface area contributed by atoms with Crippen molar-refractivity contribution in [2.75, 3.05) is 11.9 Å². The van der Waals surface area contributed by atoms with Gasteiger partial charge in [0, 0.05) is 12.4 Å². The summed E-state index contributed by atoms with van der Waals surface area (Å²) in [5, 5.41) is 2.54. The highest BCUT2D eigenvalue weighted by molar-refractivity contribution is 5.40. The molecular formula is C6H8F2N2. The predicted octanol–water partition coefficient (Wildman–Crippen LogP) is 1.69. The van der Waals surface area contributed by atoms with Gasteiger partial charge in [0.15, 0.2) is 0 Å². The number of anilines is 1. The lowest BCUT2D eigenvalue weighted by Gasteiger charge is -2.00. The van der Waals surface area contributed by atoms with Gasteiger partial charge >= 0.3 is 0 Å². The molecule has 0 atom stereocenters. The van der Waals surface area contributed by atoms with E-state index in [-0.39, 0.29) is 6.54 Å². The lowest BCUT2D eigenvalue weighted by atomic mass is 10.5. The Hall–Kier alpha value is -1.06. The Balaban J connectivity index is 2.28. The minimum absolute atomic E-state index is 0.294. The molecular weight excluding hydrogens is 138 g/mol. The highest BCUT2D eigenvalue weighted by Gasteiger charge is 2.00. The second-order valence-electron chi connectivity index (χ2n) is 1.87. The van der Waals surface area contributed by atoms with Crippen LogP contribution >= 0.6 is 0 Å². The number of rotatable bonds is 3. The van der Waals surface area contributed by atoms with Gasteiger partial charge in [-0.25, -0.2) is 8.78 Å². The van der Waals surface area contributed by atoms with Crippen LogP contribution in [0.4, 0.5) is 14.5 Å². The second-order valence-corrected chi connectivity index (χ2v) is 1.87. The van der Waals surface area contributed by atoms with E-state index in [0.717, 1.165) is 0 Å². The summed E-state index contributed by atoms with van der Waals surface area (Å²) < 4.78 is 23.1. The van der Waals surface area contributed by atoms with Gasteiger partial charge in [-0.05, 0) is 6.07 Å². The third-order valence-electron chi connectivity index (χ3n) is 1.06. The maximum absolute atomic E-state index is 11.6. The smallest absolute Gasteiger partial charge is 0.255 e. The zero-order valence-electron chi connectivity index (χ0n) is 5.27. The Labute approximate surface area is 57.3 Å². The third-order valence-corrected chi connectivity index (χ3v) is 1.06. The zero-order valence-corrected chi connectivity index (χ0v) is 5.27. The predicted molar refractivity (Wildman–Crippen MR) is 35.3 cm³/mol. The quantitative estimate of drug-likeness (QED) is 0.667. The molecule has 2 N–H and O–H groups in total. The van der Waals surface area contributed by atoms with Crippen LogP contribution in [0.15, 0.2) is 18.5 Å². The number of alkyl halides is 2. The number of aromatic amines is 1. The van der Waals surface area contributed by atoms with E-state index in [1.807, 2.05) is 0 Å². The topological polar surface area (TPSA) is 27.8 Å². The van der Waals surface area contributed by atoms with Gasteiger partial charge in [-0.15, -0.1) is 0 Å². The van der Waals surface area contributed by atoms with Crippen molar-refractivity contribution in [2.45, 2.75) is 6.43 Å². The molecule has 0 aliphatic rings. The largest absolute Gasteiger partial charge is 0.378 e. The first kappa shape index (κ1) is 7.05. The van der Waals surface area contributed by atoms with Crippen molar-refractivity contribution in [3.05, 3.63) is 18.5 Å². The van der Waals surface area contributed by atoms with Crippen molar-refractivity contribution in [2.24, 2.45) is 0 Å². The number of hydrogen-bond donors (Lipinski definition) is 2. The van der Waals surface area contributed by atoms with Crippen LogP contribution in [0.5, 0.6) is 0 Å². The number of hydrogen-bond acceptors (Lipinski definition) is 1. The van der Waals surface area contributed by atoms with Crippen molar-refractivity contribution < 1.29 is 8.78 Å². The molecule has 0 spiro atoms. The fraction of sp³-hybridized carbons (Fsp3) is 0.333. The van der Waals surface area contributed by atoms with Gasteiger partial charge in [-0.2, -0.15) is 0 Å². The molecule has 0 aromatic carbocycles. The van der Waals surface area contributed by atoms with Gasteiger partial charge in [0.1, 0.15) is 0 Å². The Morgan fingerprint density at radius 1 is 1.60 bits per heavy atom. The summed E-state index contributed by atoms with van der Waals surface area (Å²) in [6.07, 6.45) is 1.01. The number of H-pyrrole nitrogens is 1. The molecule has 0 amide bonds. The molecule has 0 radical (unpaired) electrons. The molecule has 4 heteroatoms. The molecule has 0 saturated heterocycles. The van der Waals surface area contributed by atoms with Crippen LogP contribution in [0, 0.1) is 0 Å².